The van der Waals surface area contributed by atoms with Crippen molar-refractivity contribution in [3.8, 4) is 0 Å². The van der Waals surface area contributed by atoms with Gasteiger partial charge in [0.2, 0.25) is 0 Å². The summed E-state index contributed by atoms with van der Waals surface area (Å²) in [6.07, 6.45) is 4.37. The third kappa shape index (κ3) is 3.23. The molecule has 1 aromatic heterocycles. The van der Waals surface area contributed by atoms with Crippen molar-refractivity contribution in [2.45, 2.75) is 31.8 Å². The SMILES string of the molecule is CN1C(=O)N(CCC(C)(C)N)CC1c1cccnc1. The van der Waals surface area contributed by atoms with Crippen LogP contribution in [0.5, 0.6) is 0 Å². The number of nitrogens with two attached hydrogens (primary N) is 1. The van der Waals surface area contributed by atoms with Gasteiger partial charge in [0.25, 0.3) is 0 Å². The lowest BCUT2D eigenvalue weighted by molar-refractivity contribution is 0.193. The molecule has 0 aromatic carbocycles. The van der Waals surface area contributed by atoms with Crippen molar-refractivity contribution in [2.24, 2.45) is 5.73 Å². The number of carbonyl (C=O) groups is 1. The zero-order chi connectivity index (χ0) is 14.0. The van der Waals surface area contributed by atoms with Crippen LogP contribution in [0.3, 0.4) is 0 Å². The topological polar surface area (TPSA) is 62.5 Å². The smallest absolute Gasteiger partial charge is 0.320 e. The Balaban J connectivity index is 2.05. The summed E-state index contributed by atoms with van der Waals surface area (Å²) in [5.41, 5.74) is 6.81. The maximum atomic E-state index is 12.2. The maximum absolute atomic E-state index is 12.2. The van der Waals surface area contributed by atoms with Gasteiger partial charge in [0.15, 0.2) is 0 Å². The lowest BCUT2D eigenvalue weighted by Crippen LogP contribution is -2.38. The standard InChI is InChI=1S/C14H22N4O/c1-14(2,15)6-8-18-10-12(17(3)13(18)19)11-5-4-7-16-9-11/h4-5,7,9,12H,6,8,10,15H2,1-3H3. The number of nitrogens with zero attached hydrogens (tertiary/aromatic N) is 3. The number of amides is 2. The van der Waals surface area contributed by atoms with E-state index in [0.29, 0.717) is 13.1 Å². The molecule has 1 saturated heterocycles. The molecule has 1 aliphatic rings. The number of aromatic nitrogens is 1. The minimum Gasteiger partial charge on any atom is -0.325 e. The highest BCUT2D eigenvalue weighted by atomic mass is 16.2. The van der Waals surface area contributed by atoms with Crippen molar-refractivity contribution < 1.29 is 4.79 Å². The van der Waals surface area contributed by atoms with Crippen molar-refractivity contribution in [3.63, 3.8) is 0 Å². The summed E-state index contributed by atoms with van der Waals surface area (Å²) in [5, 5.41) is 0. The summed E-state index contributed by atoms with van der Waals surface area (Å²) in [4.78, 5) is 20.0. The summed E-state index contributed by atoms with van der Waals surface area (Å²) in [7, 11) is 1.84. The Bertz CT molecular complexity index is 441. The van der Waals surface area contributed by atoms with Gasteiger partial charge in [-0.3, -0.25) is 4.98 Å². The normalized spacial score (nSPS) is 20.2. The first-order chi connectivity index (χ1) is 8.88. The van der Waals surface area contributed by atoms with Crippen LogP contribution >= 0.6 is 0 Å². The number of rotatable bonds is 4. The predicted molar refractivity (Wildman–Crippen MR) is 74.6 cm³/mol. The number of urea groups is 1. The Morgan fingerprint density at radius 1 is 1.53 bits per heavy atom. The first-order valence-corrected chi connectivity index (χ1v) is 6.59. The summed E-state index contributed by atoms with van der Waals surface area (Å²) < 4.78 is 0. The van der Waals surface area contributed by atoms with E-state index in [-0.39, 0.29) is 17.6 Å². The van der Waals surface area contributed by atoms with E-state index < -0.39 is 0 Å². The molecule has 104 valence electrons. The Hall–Kier alpha value is -1.62. The van der Waals surface area contributed by atoms with E-state index in [2.05, 4.69) is 4.98 Å². The van der Waals surface area contributed by atoms with Gasteiger partial charge in [-0.05, 0) is 31.9 Å². The zero-order valence-corrected chi connectivity index (χ0v) is 11.8. The Kier molecular flexibility index (Phi) is 3.75. The fourth-order valence-electron chi connectivity index (χ4n) is 2.28. The average Bonchev–Trinajstić information content (AvgIpc) is 2.64. The molecule has 2 rings (SSSR count). The molecule has 1 aromatic rings. The molecule has 1 atom stereocenters. The van der Waals surface area contributed by atoms with E-state index >= 15 is 0 Å². The third-order valence-corrected chi connectivity index (χ3v) is 3.53. The molecular weight excluding hydrogens is 240 g/mol. The third-order valence-electron chi connectivity index (χ3n) is 3.53. The van der Waals surface area contributed by atoms with Gasteiger partial charge in [-0.15, -0.1) is 0 Å². The van der Waals surface area contributed by atoms with Gasteiger partial charge in [-0.2, -0.15) is 0 Å². The van der Waals surface area contributed by atoms with E-state index in [1.807, 2.05) is 44.1 Å². The molecule has 0 bridgehead atoms. The monoisotopic (exact) mass is 262 g/mol. The van der Waals surface area contributed by atoms with Crippen LogP contribution in [0.4, 0.5) is 4.79 Å². The molecule has 0 saturated carbocycles. The molecule has 2 amide bonds. The fourth-order valence-corrected chi connectivity index (χ4v) is 2.28. The molecule has 19 heavy (non-hydrogen) atoms. The summed E-state index contributed by atoms with van der Waals surface area (Å²) in [5.74, 6) is 0. The van der Waals surface area contributed by atoms with Crippen molar-refractivity contribution in [3.05, 3.63) is 30.1 Å². The van der Waals surface area contributed by atoms with Crippen molar-refractivity contribution in [2.75, 3.05) is 20.1 Å². The quantitative estimate of drug-likeness (QED) is 0.896. The summed E-state index contributed by atoms with van der Waals surface area (Å²) in [6, 6.07) is 4.07. The van der Waals surface area contributed by atoms with Crippen LogP contribution in [-0.2, 0) is 0 Å². The van der Waals surface area contributed by atoms with Gasteiger partial charge >= 0.3 is 6.03 Å². The lowest BCUT2D eigenvalue weighted by atomic mass is 10.0. The van der Waals surface area contributed by atoms with Crippen LogP contribution in [-0.4, -0.2) is 46.5 Å². The average molecular weight is 262 g/mol. The summed E-state index contributed by atoms with van der Waals surface area (Å²) in [6.45, 7) is 5.37. The highest BCUT2D eigenvalue weighted by Gasteiger charge is 2.35. The Morgan fingerprint density at radius 2 is 2.26 bits per heavy atom. The Labute approximate surface area is 114 Å². The highest BCUT2D eigenvalue weighted by molar-refractivity contribution is 5.77. The molecule has 2 N–H and O–H groups in total. The van der Waals surface area contributed by atoms with Gasteiger partial charge < -0.3 is 15.5 Å². The van der Waals surface area contributed by atoms with E-state index in [9.17, 15) is 4.79 Å². The first-order valence-electron chi connectivity index (χ1n) is 6.59. The minimum absolute atomic E-state index is 0.0677. The molecule has 5 heteroatoms. The molecule has 2 heterocycles. The molecule has 1 fully saturated rings. The molecular formula is C14H22N4O. The first kappa shape index (κ1) is 13.8. The van der Waals surface area contributed by atoms with Gasteiger partial charge in [0.1, 0.15) is 0 Å². The van der Waals surface area contributed by atoms with Gasteiger partial charge in [-0.1, -0.05) is 6.07 Å². The van der Waals surface area contributed by atoms with Gasteiger partial charge in [0, 0.05) is 38.1 Å². The highest BCUT2D eigenvalue weighted by Crippen LogP contribution is 2.27. The second-order valence-corrected chi connectivity index (χ2v) is 5.88. The van der Waals surface area contributed by atoms with Crippen LogP contribution < -0.4 is 5.73 Å². The number of pyridine rings is 1. The second kappa shape index (κ2) is 5.17. The number of carbonyl (C=O) groups excluding carboxylic acids is 1. The molecule has 0 radical (unpaired) electrons. The fraction of sp³-hybridized carbons (Fsp3) is 0.571. The molecule has 5 nitrogen and oxygen atoms in total. The molecule has 0 aliphatic carbocycles. The number of hydrogen-bond acceptors (Lipinski definition) is 3. The van der Waals surface area contributed by atoms with Crippen molar-refractivity contribution in [1.82, 2.24) is 14.8 Å². The van der Waals surface area contributed by atoms with E-state index in [1.165, 1.54) is 0 Å². The lowest BCUT2D eigenvalue weighted by Gasteiger charge is -2.22. The van der Waals surface area contributed by atoms with Crippen LogP contribution in [0, 0.1) is 0 Å². The van der Waals surface area contributed by atoms with E-state index in [0.717, 1.165) is 12.0 Å². The van der Waals surface area contributed by atoms with Crippen molar-refractivity contribution >= 4 is 6.03 Å². The van der Waals surface area contributed by atoms with Crippen LogP contribution in [0.25, 0.3) is 0 Å². The van der Waals surface area contributed by atoms with Crippen molar-refractivity contribution in [1.29, 1.82) is 0 Å². The van der Waals surface area contributed by atoms with Crippen LogP contribution in [0.15, 0.2) is 24.5 Å². The van der Waals surface area contributed by atoms with E-state index in [1.54, 1.807) is 11.1 Å². The predicted octanol–water partition coefficient (Wildman–Crippen LogP) is 1.62. The zero-order valence-electron chi connectivity index (χ0n) is 11.8. The molecule has 1 aliphatic heterocycles. The number of hydrogen-bond donors (Lipinski definition) is 1. The van der Waals surface area contributed by atoms with Gasteiger partial charge in [0.05, 0.1) is 6.04 Å². The second-order valence-electron chi connectivity index (χ2n) is 5.88. The largest absolute Gasteiger partial charge is 0.325 e. The molecule has 0 spiro atoms. The molecule has 1 unspecified atom stereocenters. The number of likely N-dealkylation sites (N-methyl/N-ethyl adjacent to an activating group) is 1. The Morgan fingerprint density at radius 3 is 2.84 bits per heavy atom. The van der Waals surface area contributed by atoms with Crippen LogP contribution in [0.2, 0.25) is 0 Å². The van der Waals surface area contributed by atoms with Crippen LogP contribution in [0.1, 0.15) is 31.9 Å². The van der Waals surface area contributed by atoms with E-state index in [4.69, 9.17) is 5.73 Å². The maximum Gasteiger partial charge on any atom is 0.320 e. The van der Waals surface area contributed by atoms with Gasteiger partial charge in [-0.25, -0.2) is 4.79 Å². The minimum atomic E-state index is -0.245. The summed E-state index contributed by atoms with van der Waals surface area (Å²) >= 11 is 0.